The van der Waals surface area contributed by atoms with Gasteiger partial charge in [0.05, 0.1) is 19.8 Å². The number of rotatable bonds is 7. The van der Waals surface area contributed by atoms with E-state index in [1.165, 1.54) is 6.08 Å². The normalized spacial score (nSPS) is 15.1. The first-order chi connectivity index (χ1) is 14.2. The maximum Gasteiger partial charge on any atom is 0.331 e. The van der Waals surface area contributed by atoms with Gasteiger partial charge in [-0.25, -0.2) is 4.79 Å². The fourth-order valence-corrected chi connectivity index (χ4v) is 3.06. The zero-order valence-corrected chi connectivity index (χ0v) is 16.5. The molecule has 0 saturated carbocycles. The molecule has 1 saturated heterocycles. The molecule has 2 aromatic rings. The Kier molecular flexibility index (Phi) is 7.41. The topological polar surface area (TPSA) is 65.1 Å². The Morgan fingerprint density at radius 1 is 1.07 bits per heavy atom. The van der Waals surface area contributed by atoms with Crippen LogP contribution in [0.2, 0.25) is 0 Å². The van der Waals surface area contributed by atoms with Crippen molar-refractivity contribution in [1.29, 1.82) is 0 Å². The van der Waals surface area contributed by atoms with E-state index < -0.39 is 12.1 Å². The Bertz CT molecular complexity index is 843. The van der Waals surface area contributed by atoms with Gasteiger partial charge in [-0.1, -0.05) is 48.5 Å². The zero-order valence-electron chi connectivity index (χ0n) is 16.5. The predicted molar refractivity (Wildman–Crippen MR) is 109 cm³/mol. The molecule has 1 fully saturated rings. The molecule has 1 heterocycles. The summed E-state index contributed by atoms with van der Waals surface area (Å²) in [6, 6.07) is 16.5. The lowest BCUT2D eigenvalue weighted by Crippen LogP contribution is -2.44. The standard InChI is InChI=1S/C23H25NO5/c1-2-28-20-11-7-6-8-18(20)12-13-21(25)29-22(19-9-4-3-5-10-19)23(26)24-14-16-27-17-15-24/h3-13,22H,2,14-17H2,1H3/b13-12+/t22-/m0/s1. The first kappa shape index (κ1) is 20.6. The summed E-state index contributed by atoms with van der Waals surface area (Å²) >= 11 is 0. The van der Waals surface area contributed by atoms with Gasteiger partial charge in [0, 0.05) is 30.3 Å². The summed E-state index contributed by atoms with van der Waals surface area (Å²) in [5.74, 6) is -0.147. The molecule has 1 atom stereocenters. The van der Waals surface area contributed by atoms with Crippen molar-refractivity contribution in [3.8, 4) is 5.75 Å². The Morgan fingerprint density at radius 2 is 1.76 bits per heavy atom. The number of amides is 1. The molecule has 0 aliphatic carbocycles. The van der Waals surface area contributed by atoms with E-state index >= 15 is 0 Å². The number of para-hydroxylation sites is 1. The number of esters is 1. The second kappa shape index (κ2) is 10.4. The number of carbonyl (C=O) groups is 2. The van der Waals surface area contributed by atoms with Crippen molar-refractivity contribution in [2.45, 2.75) is 13.0 Å². The number of ether oxygens (including phenoxy) is 3. The first-order valence-corrected chi connectivity index (χ1v) is 9.71. The van der Waals surface area contributed by atoms with Gasteiger partial charge in [-0.3, -0.25) is 4.79 Å². The van der Waals surface area contributed by atoms with E-state index in [-0.39, 0.29) is 5.91 Å². The van der Waals surface area contributed by atoms with Gasteiger partial charge in [0.1, 0.15) is 5.75 Å². The van der Waals surface area contributed by atoms with Gasteiger partial charge >= 0.3 is 5.97 Å². The van der Waals surface area contributed by atoms with Crippen LogP contribution in [0.3, 0.4) is 0 Å². The molecule has 0 aromatic heterocycles. The van der Waals surface area contributed by atoms with Crippen LogP contribution < -0.4 is 4.74 Å². The molecule has 0 radical (unpaired) electrons. The molecule has 2 aromatic carbocycles. The van der Waals surface area contributed by atoms with Crippen molar-refractivity contribution >= 4 is 18.0 Å². The van der Waals surface area contributed by atoms with Crippen molar-refractivity contribution in [3.63, 3.8) is 0 Å². The average molecular weight is 395 g/mol. The highest BCUT2D eigenvalue weighted by atomic mass is 16.5. The maximum absolute atomic E-state index is 13.0. The minimum atomic E-state index is -0.992. The third kappa shape index (κ3) is 5.68. The average Bonchev–Trinajstić information content (AvgIpc) is 2.78. The third-order valence-electron chi connectivity index (χ3n) is 4.50. The molecule has 152 valence electrons. The van der Waals surface area contributed by atoms with E-state index in [1.807, 2.05) is 49.4 Å². The second-order valence-corrected chi connectivity index (χ2v) is 6.47. The lowest BCUT2D eigenvalue weighted by Gasteiger charge is -2.30. The lowest BCUT2D eigenvalue weighted by molar-refractivity contribution is -0.159. The Morgan fingerprint density at radius 3 is 2.48 bits per heavy atom. The fraction of sp³-hybridized carbons (Fsp3) is 0.304. The highest BCUT2D eigenvalue weighted by Crippen LogP contribution is 2.23. The minimum absolute atomic E-state index is 0.240. The SMILES string of the molecule is CCOc1ccccc1/C=C/C(=O)O[C@H](C(=O)N1CCOCC1)c1ccccc1. The van der Waals surface area contributed by atoms with Gasteiger partial charge < -0.3 is 19.1 Å². The summed E-state index contributed by atoms with van der Waals surface area (Å²) < 4.78 is 16.4. The summed E-state index contributed by atoms with van der Waals surface area (Å²) in [5, 5.41) is 0. The van der Waals surface area contributed by atoms with Crippen molar-refractivity contribution < 1.29 is 23.8 Å². The van der Waals surface area contributed by atoms with E-state index in [1.54, 1.807) is 23.1 Å². The summed E-state index contributed by atoms with van der Waals surface area (Å²) in [4.78, 5) is 27.2. The number of nitrogens with zero attached hydrogens (tertiary/aromatic N) is 1. The second-order valence-electron chi connectivity index (χ2n) is 6.47. The van der Waals surface area contributed by atoms with Crippen molar-refractivity contribution in [2.24, 2.45) is 0 Å². The predicted octanol–water partition coefficient (Wildman–Crippen LogP) is 3.24. The Balaban J connectivity index is 1.75. The highest BCUT2D eigenvalue weighted by Gasteiger charge is 2.29. The zero-order chi connectivity index (χ0) is 20.5. The van der Waals surface area contributed by atoms with Crippen LogP contribution in [0.1, 0.15) is 24.2 Å². The lowest BCUT2D eigenvalue weighted by atomic mass is 10.1. The number of hydrogen-bond donors (Lipinski definition) is 0. The molecular formula is C23H25NO5. The van der Waals surface area contributed by atoms with Crippen LogP contribution in [0.25, 0.3) is 6.08 Å². The van der Waals surface area contributed by atoms with Crippen LogP contribution in [0.4, 0.5) is 0 Å². The van der Waals surface area contributed by atoms with Crippen LogP contribution in [-0.2, 0) is 19.1 Å². The molecule has 0 unspecified atom stereocenters. The molecule has 0 bridgehead atoms. The van der Waals surface area contributed by atoms with Crippen LogP contribution >= 0.6 is 0 Å². The van der Waals surface area contributed by atoms with Crippen LogP contribution in [0, 0.1) is 0 Å². The molecule has 6 nitrogen and oxygen atoms in total. The largest absolute Gasteiger partial charge is 0.493 e. The first-order valence-electron chi connectivity index (χ1n) is 9.71. The highest BCUT2D eigenvalue weighted by molar-refractivity contribution is 5.91. The number of benzene rings is 2. The van der Waals surface area contributed by atoms with Gasteiger partial charge in [0.2, 0.25) is 6.10 Å². The van der Waals surface area contributed by atoms with Crippen LogP contribution in [-0.4, -0.2) is 49.7 Å². The van der Waals surface area contributed by atoms with E-state index in [9.17, 15) is 9.59 Å². The molecule has 29 heavy (non-hydrogen) atoms. The molecular weight excluding hydrogens is 370 g/mol. The summed E-state index contributed by atoms with van der Waals surface area (Å²) in [6.45, 7) is 4.36. The number of carbonyl (C=O) groups excluding carboxylic acids is 2. The van der Waals surface area contributed by atoms with Crippen molar-refractivity contribution in [2.75, 3.05) is 32.9 Å². The molecule has 0 spiro atoms. The van der Waals surface area contributed by atoms with Gasteiger partial charge in [0.15, 0.2) is 0 Å². The molecule has 1 amide bonds. The molecule has 6 heteroatoms. The smallest absolute Gasteiger partial charge is 0.331 e. The molecule has 1 aliphatic rings. The Labute approximate surface area is 170 Å². The van der Waals surface area contributed by atoms with Gasteiger partial charge in [-0.05, 0) is 19.1 Å². The molecule has 3 rings (SSSR count). The van der Waals surface area contributed by atoms with Crippen molar-refractivity contribution in [1.82, 2.24) is 4.90 Å². The van der Waals surface area contributed by atoms with E-state index in [0.717, 1.165) is 5.56 Å². The summed E-state index contributed by atoms with van der Waals surface area (Å²) in [7, 11) is 0. The number of hydrogen-bond acceptors (Lipinski definition) is 5. The quantitative estimate of drug-likeness (QED) is 0.532. The van der Waals surface area contributed by atoms with Gasteiger partial charge in [-0.15, -0.1) is 0 Å². The minimum Gasteiger partial charge on any atom is -0.493 e. The number of morpholine rings is 1. The summed E-state index contributed by atoms with van der Waals surface area (Å²) in [6.07, 6.45) is 1.96. The van der Waals surface area contributed by atoms with Gasteiger partial charge in [0.25, 0.3) is 5.91 Å². The van der Waals surface area contributed by atoms with Crippen LogP contribution in [0.5, 0.6) is 5.75 Å². The monoisotopic (exact) mass is 395 g/mol. The fourth-order valence-electron chi connectivity index (χ4n) is 3.06. The van der Waals surface area contributed by atoms with E-state index in [4.69, 9.17) is 14.2 Å². The Hall–Kier alpha value is -3.12. The van der Waals surface area contributed by atoms with Crippen LogP contribution in [0.15, 0.2) is 60.7 Å². The molecule has 1 aliphatic heterocycles. The molecule has 0 N–H and O–H groups in total. The maximum atomic E-state index is 13.0. The summed E-state index contributed by atoms with van der Waals surface area (Å²) in [5.41, 5.74) is 1.41. The van der Waals surface area contributed by atoms with Crippen molar-refractivity contribution in [3.05, 3.63) is 71.8 Å². The van der Waals surface area contributed by atoms with Gasteiger partial charge in [-0.2, -0.15) is 0 Å². The third-order valence-corrected chi connectivity index (χ3v) is 4.50. The van der Waals surface area contributed by atoms with E-state index in [2.05, 4.69) is 0 Å². The van der Waals surface area contributed by atoms with E-state index in [0.29, 0.717) is 44.2 Å².